The lowest BCUT2D eigenvalue weighted by Crippen LogP contribution is -2.57. The number of rotatable bonds is 42. The van der Waals surface area contributed by atoms with Gasteiger partial charge in [0.15, 0.2) is 5.78 Å². The zero-order chi connectivity index (χ0) is 58.7. The fourth-order valence-electron chi connectivity index (χ4n) is 7.49. The van der Waals surface area contributed by atoms with Crippen LogP contribution in [0.4, 0.5) is 10.5 Å². The molecule has 0 bridgehead atoms. The monoisotopic (exact) mass is 1130 g/mol. The highest BCUT2D eigenvalue weighted by molar-refractivity contribution is 6.12. The van der Waals surface area contributed by atoms with Crippen LogP contribution >= 0.6 is 0 Å². The number of anilines is 1. The van der Waals surface area contributed by atoms with Gasteiger partial charge in [0, 0.05) is 62.5 Å². The number of ether oxygens (including phenoxy) is 9. The lowest BCUT2D eigenvalue weighted by atomic mass is 9.84. The smallest absolute Gasteiger partial charge is 0.410 e. The summed E-state index contributed by atoms with van der Waals surface area (Å²) in [7, 11) is 3.21. The van der Waals surface area contributed by atoms with Crippen LogP contribution in [0.15, 0.2) is 60.7 Å². The summed E-state index contributed by atoms with van der Waals surface area (Å²) >= 11 is 0. The van der Waals surface area contributed by atoms with Crippen LogP contribution in [0, 0.1) is 11.3 Å². The molecule has 1 aliphatic rings. The zero-order valence-electron chi connectivity index (χ0n) is 48.0. The molecule has 1 aliphatic heterocycles. The van der Waals surface area contributed by atoms with E-state index >= 15 is 0 Å². The Morgan fingerprint density at radius 3 is 1.64 bits per heavy atom. The fraction of sp³-hybridized carbons (Fsp3) is 0.614. The quantitative estimate of drug-likeness (QED) is 0.0415. The predicted octanol–water partition coefficient (Wildman–Crippen LogP) is 4.00. The van der Waals surface area contributed by atoms with Gasteiger partial charge in [-0.1, -0.05) is 71.0 Å². The van der Waals surface area contributed by atoms with Crippen molar-refractivity contribution in [3.63, 3.8) is 0 Å². The van der Waals surface area contributed by atoms with Gasteiger partial charge in [0.1, 0.15) is 24.7 Å². The first-order valence-corrected chi connectivity index (χ1v) is 27.2. The normalized spacial score (nSPS) is 13.5. The summed E-state index contributed by atoms with van der Waals surface area (Å²) in [5, 5.41) is 10.9. The molecular weight excluding hydrogens is 1040 g/mol. The summed E-state index contributed by atoms with van der Waals surface area (Å²) in [6.07, 6.45) is 2.54. The third kappa shape index (κ3) is 27.3. The second-order valence-electron chi connectivity index (χ2n) is 20.1. The predicted molar refractivity (Wildman–Crippen MR) is 295 cm³/mol. The third-order valence-corrected chi connectivity index (χ3v) is 12.1. The zero-order valence-corrected chi connectivity index (χ0v) is 48.0. The average molecular weight is 1130 g/mol. The van der Waals surface area contributed by atoms with E-state index in [0.29, 0.717) is 115 Å². The standard InChI is InChI=1S/C57H86N6O17/c1-41(2)51(55(70)58-42(3)53(68)59-45-18-16-43(17-19-45)40-80-56(71)62(7)39-44-13-9-10-14-46(44)52(67)57(4,5)6)61-54(69)47(15-11-12-23-63-49(65)20-21-50(63)66)60-48(64)22-24-73-27-28-75-31-32-77-35-36-79-38-37-78-34-33-76-30-29-74-26-25-72-8/h9-10,13-14,16-21,41-42,47,51H,11-12,15,22-40H2,1-8H3,(H,58,70)(H,59,68)(H,60,64)(H,61,69)/t42-,47-,51-/m0/s1. The molecular formula is C57H86N6O17. The minimum absolute atomic E-state index is 0.0299. The SMILES string of the molecule is COCCOCCOCCOCCOCCOCCOCCOCCC(=O)N[C@@H](CCCCN1C(=O)C=CC1=O)C(=O)N[C@H](C(=O)N[C@@H](C)C(=O)Nc1ccc(COC(=O)N(C)Cc2ccccc2C(=O)C(C)(C)C)cc1)C(C)C. The van der Waals surface area contributed by atoms with Crippen molar-refractivity contribution in [2.75, 3.05) is 125 Å². The maximum absolute atomic E-state index is 13.8. The molecule has 3 atom stereocenters. The summed E-state index contributed by atoms with van der Waals surface area (Å²) in [6.45, 7) is 16.6. The molecule has 2 aromatic carbocycles. The van der Waals surface area contributed by atoms with Gasteiger partial charge in [-0.2, -0.15) is 0 Å². The molecule has 4 N–H and O–H groups in total. The Balaban J connectivity index is 1.39. The molecule has 0 saturated carbocycles. The van der Waals surface area contributed by atoms with E-state index in [-0.39, 0.29) is 58.1 Å². The number of ketones is 1. The number of imide groups is 1. The van der Waals surface area contributed by atoms with Gasteiger partial charge in [0.05, 0.1) is 99.1 Å². The van der Waals surface area contributed by atoms with Crippen LogP contribution in [0.25, 0.3) is 0 Å². The van der Waals surface area contributed by atoms with Gasteiger partial charge in [-0.05, 0) is 55.4 Å². The van der Waals surface area contributed by atoms with Crippen LogP contribution in [-0.4, -0.2) is 195 Å². The Morgan fingerprint density at radius 2 is 1.12 bits per heavy atom. The van der Waals surface area contributed by atoms with Crippen molar-refractivity contribution >= 4 is 53.0 Å². The lowest BCUT2D eigenvalue weighted by Gasteiger charge is -2.26. The van der Waals surface area contributed by atoms with E-state index in [2.05, 4.69) is 21.3 Å². The Bertz CT molecular complexity index is 2240. The lowest BCUT2D eigenvalue weighted by molar-refractivity contribution is -0.137. The number of carbonyl (C=O) groups is 8. The highest BCUT2D eigenvalue weighted by Crippen LogP contribution is 2.24. The van der Waals surface area contributed by atoms with Crippen LogP contribution in [0.2, 0.25) is 0 Å². The average Bonchev–Trinajstić information content (AvgIpc) is 3.75. The van der Waals surface area contributed by atoms with Gasteiger partial charge in [-0.25, -0.2) is 4.79 Å². The number of carbonyl (C=O) groups excluding carboxylic acids is 8. The van der Waals surface area contributed by atoms with E-state index in [1.165, 1.54) is 24.0 Å². The molecule has 446 valence electrons. The Labute approximate surface area is 470 Å². The van der Waals surface area contributed by atoms with Crippen LogP contribution < -0.4 is 21.3 Å². The summed E-state index contributed by atoms with van der Waals surface area (Å²) in [6, 6.07) is 10.5. The second kappa shape index (κ2) is 38.5. The largest absolute Gasteiger partial charge is 0.445 e. The number of methoxy groups -OCH3 is 1. The van der Waals surface area contributed by atoms with E-state index in [1.54, 1.807) is 64.4 Å². The molecule has 1 heterocycles. The Morgan fingerprint density at radius 1 is 0.613 bits per heavy atom. The minimum atomic E-state index is -1.10. The van der Waals surface area contributed by atoms with Crippen LogP contribution in [-0.2, 0) is 84.6 Å². The van der Waals surface area contributed by atoms with Gasteiger partial charge < -0.3 is 68.8 Å². The van der Waals surface area contributed by atoms with Gasteiger partial charge >= 0.3 is 6.09 Å². The first-order chi connectivity index (χ1) is 38.3. The molecule has 23 nitrogen and oxygen atoms in total. The van der Waals surface area contributed by atoms with Crippen molar-refractivity contribution < 1.29 is 81.0 Å². The van der Waals surface area contributed by atoms with E-state index < -0.39 is 71.0 Å². The van der Waals surface area contributed by atoms with Gasteiger partial charge in [-0.3, -0.25) is 38.5 Å². The number of amides is 7. The van der Waals surface area contributed by atoms with Crippen molar-refractivity contribution in [3.8, 4) is 0 Å². The number of nitrogens with one attached hydrogen (secondary N) is 4. The maximum Gasteiger partial charge on any atom is 0.410 e. The van der Waals surface area contributed by atoms with Crippen molar-refractivity contribution in [1.82, 2.24) is 25.8 Å². The molecule has 7 amide bonds. The molecule has 0 aliphatic carbocycles. The first kappa shape index (κ1) is 68.1. The summed E-state index contributed by atoms with van der Waals surface area (Å²) in [5.74, 6) is -3.61. The molecule has 0 saturated heterocycles. The maximum atomic E-state index is 13.8. The first-order valence-electron chi connectivity index (χ1n) is 27.2. The van der Waals surface area contributed by atoms with Crippen LogP contribution in [0.3, 0.4) is 0 Å². The van der Waals surface area contributed by atoms with Crippen LogP contribution in [0.5, 0.6) is 0 Å². The van der Waals surface area contributed by atoms with E-state index in [0.717, 1.165) is 4.90 Å². The molecule has 0 aromatic heterocycles. The Hall–Kier alpha value is -6.18. The van der Waals surface area contributed by atoms with Crippen molar-refractivity contribution in [2.45, 2.75) is 98.5 Å². The van der Waals surface area contributed by atoms with Crippen LogP contribution in [0.1, 0.15) is 88.7 Å². The number of nitrogens with zero attached hydrogens (tertiary/aromatic N) is 2. The molecule has 0 fully saturated rings. The number of hydrogen-bond acceptors (Lipinski definition) is 17. The second-order valence-corrected chi connectivity index (χ2v) is 20.1. The highest BCUT2D eigenvalue weighted by atomic mass is 16.6. The van der Waals surface area contributed by atoms with Crippen molar-refractivity contribution in [1.29, 1.82) is 0 Å². The number of hydrogen-bond donors (Lipinski definition) is 4. The minimum Gasteiger partial charge on any atom is -0.445 e. The number of benzene rings is 2. The van der Waals surface area contributed by atoms with E-state index in [9.17, 15) is 38.4 Å². The van der Waals surface area contributed by atoms with Crippen molar-refractivity contribution in [3.05, 3.63) is 77.4 Å². The topological polar surface area (TPSA) is 274 Å². The Kier molecular flexibility index (Phi) is 32.7. The number of Topliss-reactive ketones (excluding diaryl/α,β-unsaturated/α-hetero) is 1. The summed E-state index contributed by atoms with van der Waals surface area (Å²) in [5.41, 5.74) is 1.72. The summed E-state index contributed by atoms with van der Waals surface area (Å²) < 4.78 is 48.7. The van der Waals surface area contributed by atoms with E-state index in [1.807, 2.05) is 32.9 Å². The third-order valence-electron chi connectivity index (χ3n) is 12.1. The molecule has 23 heteroatoms. The molecule has 2 aromatic rings. The fourth-order valence-corrected chi connectivity index (χ4v) is 7.49. The molecule has 3 rings (SSSR count). The molecule has 0 radical (unpaired) electrons. The van der Waals surface area contributed by atoms with Crippen molar-refractivity contribution in [2.24, 2.45) is 11.3 Å². The van der Waals surface area contributed by atoms with Gasteiger partial charge in [0.2, 0.25) is 23.6 Å². The molecule has 0 unspecified atom stereocenters. The highest BCUT2D eigenvalue weighted by Gasteiger charge is 2.31. The molecule has 0 spiro atoms. The molecule has 80 heavy (non-hydrogen) atoms. The van der Waals surface area contributed by atoms with Gasteiger partial charge in [0.25, 0.3) is 11.8 Å². The van der Waals surface area contributed by atoms with Gasteiger partial charge in [-0.15, -0.1) is 0 Å². The number of unbranched alkanes of at least 4 members (excludes halogenated alkanes) is 1. The van der Waals surface area contributed by atoms with E-state index in [4.69, 9.17) is 42.6 Å². The summed E-state index contributed by atoms with van der Waals surface area (Å²) in [4.78, 5) is 106.